The molecule has 1 nitrogen and oxygen atoms in total. The zero-order chi connectivity index (χ0) is 18.3. The van der Waals surface area contributed by atoms with E-state index < -0.39 is 11.7 Å². The maximum absolute atomic E-state index is 13.0. The highest BCUT2D eigenvalue weighted by Crippen LogP contribution is 2.34. The van der Waals surface area contributed by atoms with Crippen LogP contribution in [0.3, 0.4) is 0 Å². The lowest BCUT2D eigenvalue weighted by Crippen LogP contribution is -2.12. The average Bonchev–Trinajstić information content (AvgIpc) is 2.58. The van der Waals surface area contributed by atoms with Crippen LogP contribution in [0, 0.1) is 5.82 Å². The van der Waals surface area contributed by atoms with Gasteiger partial charge in [0.2, 0.25) is 0 Å². The van der Waals surface area contributed by atoms with Crippen LogP contribution in [-0.4, -0.2) is 5.75 Å². The minimum atomic E-state index is -4.37. The summed E-state index contributed by atoms with van der Waals surface area (Å²) in [5.74, 6) is 0.530. The fraction of sp³-hybridized carbons (Fsp3) is 0.368. The lowest BCUT2D eigenvalue weighted by atomic mass is 10.1. The fourth-order valence-electron chi connectivity index (χ4n) is 2.54. The quantitative estimate of drug-likeness (QED) is 0.360. The normalized spacial score (nSPS) is 11.7. The molecule has 0 aromatic heterocycles. The number of alkyl halides is 3. The van der Waals surface area contributed by atoms with Crippen LogP contribution in [0.15, 0.2) is 47.4 Å². The number of nitrogens with two attached hydrogens (primary N) is 1. The Morgan fingerprint density at radius 3 is 2.28 bits per heavy atom. The van der Waals surface area contributed by atoms with Crippen molar-refractivity contribution in [2.75, 3.05) is 5.75 Å². The van der Waals surface area contributed by atoms with E-state index >= 15 is 0 Å². The maximum Gasteiger partial charge on any atom is 0.416 e. The van der Waals surface area contributed by atoms with Crippen molar-refractivity contribution in [3.63, 3.8) is 0 Å². The molecule has 0 radical (unpaired) electrons. The second kappa shape index (κ2) is 9.25. The molecule has 2 rings (SSSR count). The van der Waals surface area contributed by atoms with E-state index in [1.165, 1.54) is 36.0 Å². The van der Waals surface area contributed by atoms with Crippen LogP contribution in [0.2, 0.25) is 0 Å². The second-order valence-electron chi connectivity index (χ2n) is 5.81. The summed E-state index contributed by atoms with van der Waals surface area (Å²) < 4.78 is 51.8. The van der Waals surface area contributed by atoms with Gasteiger partial charge in [-0.2, -0.15) is 13.2 Å². The topological polar surface area (TPSA) is 26.0 Å². The van der Waals surface area contributed by atoms with E-state index in [1.54, 1.807) is 18.2 Å². The zero-order valence-electron chi connectivity index (χ0n) is 13.8. The van der Waals surface area contributed by atoms with Crippen LogP contribution in [0.25, 0.3) is 0 Å². The highest BCUT2D eigenvalue weighted by atomic mass is 32.2. The zero-order valence-corrected chi connectivity index (χ0v) is 14.6. The Morgan fingerprint density at radius 1 is 0.920 bits per heavy atom. The third-order valence-electron chi connectivity index (χ3n) is 3.90. The summed E-state index contributed by atoms with van der Waals surface area (Å²) >= 11 is 1.43. The summed E-state index contributed by atoms with van der Waals surface area (Å²) in [4.78, 5) is 0.614. The molecule has 25 heavy (non-hydrogen) atoms. The van der Waals surface area contributed by atoms with Gasteiger partial charge in [-0.3, -0.25) is 0 Å². The number of thioether (sulfide) groups is 1. The fourth-order valence-corrected chi connectivity index (χ4v) is 3.49. The monoisotopic (exact) mass is 371 g/mol. The molecule has 0 aliphatic rings. The predicted molar refractivity (Wildman–Crippen MR) is 94.0 cm³/mol. The molecule has 0 spiro atoms. The third kappa shape index (κ3) is 6.36. The van der Waals surface area contributed by atoms with Crippen LogP contribution >= 0.6 is 11.8 Å². The summed E-state index contributed by atoms with van der Waals surface area (Å²) in [7, 11) is 0. The molecule has 0 saturated carbocycles. The van der Waals surface area contributed by atoms with Gasteiger partial charge in [-0.15, -0.1) is 11.8 Å². The van der Waals surface area contributed by atoms with E-state index in [2.05, 4.69) is 0 Å². The number of hydrogen-bond donors (Lipinski definition) is 1. The standard InChI is InChI=1S/C19H21F4NS/c20-16-8-5-14(6-9-16)4-2-1-3-11-25-17-10-7-15(13-24)18(12-17)19(21,22)23/h5-10,12H,1-4,11,13,24H2. The number of benzene rings is 2. The van der Waals surface area contributed by atoms with Crippen molar-refractivity contribution in [3.8, 4) is 0 Å². The van der Waals surface area contributed by atoms with Gasteiger partial charge in [0.25, 0.3) is 0 Å². The first-order valence-electron chi connectivity index (χ1n) is 8.17. The lowest BCUT2D eigenvalue weighted by molar-refractivity contribution is -0.138. The minimum Gasteiger partial charge on any atom is -0.326 e. The maximum atomic E-state index is 13.0. The molecule has 0 heterocycles. The Morgan fingerprint density at radius 2 is 1.64 bits per heavy atom. The molecule has 2 aromatic carbocycles. The van der Waals surface area contributed by atoms with Gasteiger partial charge in [0, 0.05) is 11.4 Å². The van der Waals surface area contributed by atoms with E-state index in [1.807, 2.05) is 0 Å². The van der Waals surface area contributed by atoms with Crippen molar-refractivity contribution >= 4 is 11.8 Å². The molecule has 0 atom stereocenters. The summed E-state index contributed by atoms with van der Waals surface area (Å²) in [5.41, 5.74) is 5.96. The van der Waals surface area contributed by atoms with Gasteiger partial charge < -0.3 is 5.73 Å². The van der Waals surface area contributed by atoms with Crippen LogP contribution in [0.4, 0.5) is 17.6 Å². The average molecular weight is 371 g/mol. The summed E-state index contributed by atoms with van der Waals surface area (Å²) in [6, 6.07) is 10.8. The molecule has 0 fully saturated rings. The molecule has 2 N–H and O–H groups in total. The van der Waals surface area contributed by atoms with Crippen molar-refractivity contribution in [2.24, 2.45) is 5.73 Å². The van der Waals surface area contributed by atoms with Gasteiger partial charge in [0.1, 0.15) is 5.82 Å². The summed E-state index contributed by atoms with van der Waals surface area (Å²) in [6.07, 6.45) is -0.607. The van der Waals surface area contributed by atoms with Gasteiger partial charge in [-0.1, -0.05) is 24.6 Å². The van der Waals surface area contributed by atoms with Crippen molar-refractivity contribution < 1.29 is 17.6 Å². The van der Waals surface area contributed by atoms with E-state index in [0.29, 0.717) is 4.90 Å². The van der Waals surface area contributed by atoms with Crippen molar-refractivity contribution in [2.45, 2.75) is 43.3 Å². The third-order valence-corrected chi connectivity index (χ3v) is 4.98. The highest BCUT2D eigenvalue weighted by molar-refractivity contribution is 7.99. The molecular weight excluding hydrogens is 350 g/mol. The van der Waals surface area contributed by atoms with E-state index in [0.717, 1.165) is 37.0 Å². The molecule has 0 aliphatic carbocycles. The predicted octanol–water partition coefficient (Wildman–Crippen LogP) is 5.81. The van der Waals surface area contributed by atoms with E-state index in [-0.39, 0.29) is 17.9 Å². The molecule has 0 unspecified atom stereocenters. The molecule has 6 heteroatoms. The Labute approximate surface area is 149 Å². The van der Waals surface area contributed by atoms with Gasteiger partial charge in [-0.25, -0.2) is 4.39 Å². The largest absolute Gasteiger partial charge is 0.416 e. The van der Waals surface area contributed by atoms with Gasteiger partial charge in [0.05, 0.1) is 5.56 Å². The molecular formula is C19H21F4NS. The second-order valence-corrected chi connectivity index (χ2v) is 6.97. The van der Waals surface area contributed by atoms with Crippen LogP contribution in [0.5, 0.6) is 0 Å². The molecule has 0 amide bonds. The van der Waals surface area contributed by atoms with Gasteiger partial charge in [-0.05, 0) is 60.4 Å². The van der Waals surface area contributed by atoms with Crippen LogP contribution < -0.4 is 5.73 Å². The SMILES string of the molecule is NCc1ccc(SCCCCCc2ccc(F)cc2)cc1C(F)(F)F. The summed E-state index contributed by atoms with van der Waals surface area (Å²) in [5, 5.41) is 0. The van der Waals surface area contributed by atoms with Crippen molar-refractivity contribution in [1.29, 1.82) is 0 Å². The van der Waals surface area contributed by atoms with Crippen molar-refractivity contribution in [1.82, 2.24) is 0 Å². The van der Waals surface area contributed by atoms with Gasteiger partial charge >= 0.3 is 6.18 Å². The molecule has 136 valence electrons. The number of unbranched alkanes of at least 4 members (excludes halogenated alkanes) is 2. The highest BCUT2D eigenvalue weighted by Gasteiger charge is 2.33. The first-order chi connectivity index (χ1) is 11.9. The Hall–Kier alpha value is -1.53. The van der Waals surface area contributed by atoms with Gasteiger partial charge in [0.15, 0.2) is 0 Å². The Bertz CT molecular complexity index is 668. The van der Waals surface area contributed by atoms with Crippen molar-refractivity contribution in [3.05, 3.63) is 65.0 Å². The first kappa shape index (κ1) is 19.8. The molecule has 0 aliphatic heterocycles. The molecule has 2 aromatic rings. The number of hydrogen-bond acceptors (Lipinski definition) is 2. The number of aryl methyl sites for hydroxylation is 1. The first-order valence-corrected chi connectivity index (χ1v) is 9.16. The van der Waals surface area contributed by atoms with E-state index in [4.69, 9.17) is 5.73 Å². The molecule has 0 bridgehead atoms. The summed E-state index contributed by atoms with van der Waals surface area (Å²) in [6.45, 7) is -0.122. The Balaban J connectivity index is 1.75. The minimum absolute atomic E-state index is 0.121. The number of rotatable bonds is 8. The van der Waals surface area contributed by atoms with E-state index in [9.17, 15) is 17.6 Å². The van der Waals surface area contributed by atoms with Crippen LogP contribution in [-0.2, 0) is 19.1 Å². The smallest absolute Gasteiger partial charge is 0.326 e. The Kier molecular flexibility index (Phi) is 7.32. The lowest BCUT2D eigenvalue weighted by Gasteiger charge is -2.13. The number of halogens is 4. The van der Waals surface area contributed by atoms with Crippen LogP contribution in [0.1, 0.15) is 36.0 Å². The molecule has 0 saturated heterocycles.